The summed E-state index contributed by atoms with van der Waals surface area (Å²) in [7, 11) is 0. The fourth-order valence-electron chi connectivity index (χ4n) is 4.14. The largest absolute Gasteiger partial charge is 0.467 e. The van der Waals surface area contributed by atoms with E-state index in [-0.39, 0.29) is 18.7 Å². The molecule has 0 fully saturated rings. The highest BCUT2D eigenvalue weighted by Gasteiger charge is 2.22. The molecule has 1 N–H and O–H groups in total. The Kier molecular flexibility index (Phi) is 7.36. The molecule has 0 saturated heterocycles. The van der Waals surface area contributed by atoms with Crippen molar-refractivity contribution >= 4 is 17.8 Å². The van der Waals surface area contributed by atoms with E-state index >= 15 is 0 Å². The average Bonchev–Trinajstić information content (AvgIpc) is 3.59. The van der Waals surface area contributed by atoms with Crippen LogP contribution in [-0.2, 0) is 11.3 Å². The predicted octanol–water partition coefficient (Wildman–Crippen LogP) is 6.17. The van der Waals surface area contributed by atoms with Gasteiger partial charge in [-0.2, -0.15) is 0 Å². The van der Waals surface area contributed by atoms with Crippen molar-refractivity contribution in [3.8, 4) is 16.9 Å². The summed E-state index contributed by atoms with van der Waals surface area (Å²) in [5.41, 5.74) is 4.94. The average molecular weight is 523 g/mol. The smallest absolute Gasteiger partial charge is 0.254 e. The van der Waals surface area contributed by atoms with E-state index in [1.807, 2.05) is 73.1 Å². The summed E-state index contributed by atoms with van der Waals surface area (Å²) < 4.78 is 20.7. The first-order valence-electron chi connectivity index (χ1n) is 12.5. The Labute approximate surface area is 225 Å². The van der Waals surface area contributed by atoms with E-state index in [0.717, 1.165) is 22.4 Å². The quantitative estimate of drug-likeness (QED) is 0.264. The zero-order valence-electron chi connectivity index (χ0n) is 21.6. The minimum absolute atomic E-state index is 0.0671. The standard InChI is InChI=1S/C31H27FN4O3/c1-21-5-9-23(10-6-21)28-19-36(26-15-7-22(2)8-16-26)31(33-28)34-29(37)20-35(18-27-4-3-17-39-27)30(38)24-11-13-25(32)14-12-24/h3-17,19H,18,20H2,1-2H3,(H,33,34,37). The van der Waals surface area contributed by atoms with E-state index in [0.29, 0.717) is 17.4 Å². The molecule has 196 valence electrons. The van der Waals surface area contributed by atoms with E-state index in [9.17, 15) is 14.0 Å². The molecular formula is C31H27FN4O3. The van der Waals surface area contributed by atoms with Gasteiger partial charge in [-0.25, -0.2) is 9.37 Å². The molecule has 0 unspecified atom stereocenters. The third-order valence-corrected chi connectivity index (χ3v) is 6.26. The maximum absolute atomic E-state index is 13.4. The number of aryl methyl sites for hydroxylation is 2. The van der Waals surface area contributed by atoms with Gasteiger partial charge in [0, 0.05) is 23.0 Å². The van der Waals surface area contributed by atoms with Crippen molar-refractivity contribution in [3.63, 3.8) is 0 Å². The van der Waals surface area contributed by atoms with Gasteiger partial charge in [0.15, 0.2) is 0 Å². The number of hydrogen-bond acceptors (Lipinski definition) is 4. The summed E-state index contributed by atoms with van der Waals surface area (Å²) >= 11 is 0. The van der Waals surface area contributed by atoms with Crippen molar-refractivity contribution in [2.24, 2.45) is 0 Å². The maximum Gasteiger partial charge on any atom is 0.254 e. The summed E-state index contributed by atoms with van der Waals surface area (Å²) in [6.07, 6.45) is 3.37. The SMILES string of the molecule is Cc1ccc(-c2cn(-c3ccc(C)cc3)c(NC(=O)CN(Cc3ccco3)C(=O)c3ccc(F)cc3)n2)cc1. The number of nitrogens with zero attached hydrogens (tertiary/aromatic N) is 3. The van der Waals surface area contributed by atoms with Gasteiger partial charge in [-0.3, -0.25) is 19.5 Å². The highest BCUT2D eigenvalue weighted by atomic mass is 19.1. The number of rotatable bonds is 8. The summed E-state index contributed by atoms with van der Waals surface area (Å²) in [5, 5.41) is 2.88. The Balaban J connectivity index is 1.43. The lowest BCUT2D eigenvalue weighted by molar-refractivity contribution is -0.117. The number of amides is 2. The van der Waals surface area contributed by atoms with Crippen molar-refractivity contribution in [1.29, 1.82) is 0 Å². The van der Waals surface area contributed by atoms with Crippen molar-refractivity contribution in [2.75, 3.05) is 11.9 Å². The van der Waals surface area contributed by atoms with Crippen LogP contribution >= 0.6 is 0 Å². The second-order valence-corrected chi connectivity index (χ2v) is 9.32. The number of benzene rings is 3. The Morgan fingerprint density at radius 3 is 2.23 bits per heavy atom. The number of furan rings is 1. The third kappa shape index (κ3) is 6.13. The van der Waals surface area contributed by atoms with E-state index in [1.165, 1.54) is 35.4 Å². The van der Waals surface area contributed by atoms with Crippen LogP contribution in [0.3, 0.4) is 0 Å². The van der Waals surface area contributed by atoms with Crippen LogP contribution in [0.2, 0.25) is 0 Å². The summed E-state index contributed by atoms with van der Waals surface area (Å²) in [4.78, 5) is 32.6. The van der Waals surface area contributed by atoms with Gasteiger partial charge in [0.05, 0.1) is 18.5 Å². The number of aromatic nitrogens is 2. The van der Waals surface area contributed by atoms with E-state index in [1.54, 1.807) is 12.1 Å². The lowest BCUT2D eigenvalue weighted by atomic mass is 10.1. The molecule has 3 aromatic carbocycles. The molecule has 2 amide bonds. The zero-order valence-corrected chi connectivity index (χ0v) is 21.6. The van der Waals surface area contributed by atoms with E-state index < -0.39 is 17.6 Å². The molecule has 5 rings (SSSR count). The van der Waals surface area contributed by atoms with Crippen molar-refractivity contribution in [2.45, 2.75) is 20.4 Å². The van der Waals surface area contributed by atoms with Crippen LogP contribution in [-0.4, -0.2) is 32.8 Å². The highest BCUT2D eigenvalue weighted by Crippen LogP contribution is 2.25. The van der Waals surface area contributed by atoms with E-state index in [4.69, 9.17) is 9.40 Å². The molecule has 0 aliphatic carbocycles. The fraction of sp³-hybridized carbons (Fsp3) is 0.129. The number of halogens is 1. The molecule has 2 aromatic heterocycles. The molecule has 0 bridgehead atoms. The minimum Gasteiger partial charge on any atom is -0.467 e. The topological polar surface area (TPSA) is 80.4 Å². The molecule has 5 aromatic rings. The van der Waals surface area contributed by atoms with Crippen molar-refractivity contribution in [1.82, 2.24) is 14.5 Å². The van der Waals surface area contributed by atoms with Crippen LogP contribution in [0, 0.1) is 19.7 Å². The number of hydrogen-bond donors (Lipinski definition) is 1. The lowest BCUT2D eigenvalue weighted by Gasteiger charge is -2.21. The maximum atomic E-state index is 13.4. The molecule has 0 spiro atoms. The Morgan fingerprint density at radius 2 is 1.59 bits per heavy atom. The molecule has 0 aliphatic rings. The molecule has 39 heavy (non-hydrogen) atoms. The number of anilines is 1. The molecular weight excluding hydrogens is 495 g/mol. The van der Waals surface area contributed by atoms with Crippen LogP contribution in [0.15, 0.2) is 102 Å². The molecule has 0 saturated carbocycles. The van der Waals surface area contributed by atoms with Gasteiger partial charge in [0.1, 0.15) is 18.1 Å². The first-order valence-corrected chi connectivity index (χ1v) is 12.5. The lowest BCUT2D eigenvalue weighted by Crippen LogP contribution is -2.37. The molecule has 0 atom stereocenters. The van der Waals surface area contributed by atoms with Crippen LogP contribution in [0.5, 0.6) is 0 Å². The summed E-state index contributed by atoms with van der Waals surface area (Å²) in [6, 6.07) is 24.5. The molecule has 0 aliphatic heterocycles. The van der Waals surface area contributed by atoms with Crippen LogP contribution < -0.4 is 5.32 Å². The predicted molar refractivity (Wildman–Crippen MR) is 147 cm³/mol. The normalized spacial score (nSPS) is 10.8. The Hall–Kier alpha value is -4.98. The number of nitrogens with one attached hydrogen (secondary N) is 1. The van der Waals surface area contributed by atoms with Crippen LogP contribution in [0.4, 0.5) is 10.3 Å². The van der Waals surface area contributed by atoms with Gasteiger partial charge in [0.25, 0.3) is 5.91 Å². The zero-order chi connectivity index (χ0) is 27.4. The van der Waals surface area contributed by atoms with Crippen molar-refractivity contribution in [3.05, 3.63) is 126 Å². The van der Waals surface area contributed by atoms with Crippen LogP contribution in [0.25, 0.3) is 16.9 Å². The van der Waals surface area contributed by atoms with Gasteiger partial charge in [-0.15, -0.1) is 0 Å². The number of imidazole rings is 1. The molecule has 7 nitrogen and oxygen atoms in total. The molecule has 2 heterocycles. The monoisotopic (exact) mass is 522 g/mol. The second-order valence-electron chi connectivity index (χ2n) is 9.32. The molecule has 8 heteroatoms. The first-order chi connectivity index (χ1) is 18.9. The Morgan fingerprint density at radius 1 is 0.923 bits per heavy atom. The third-order valence-electron chi connectivity index (χ3n) is 6.26. The second kappa shape index (κ2) is 11.2. The number of carbonyl (C=O) groups is 2. The fourth-order valence-corrected chi connectivity index (χ4v) is 4.14. The van der Waals surface area contributed by atoms with Crippen LogP contribution in [0.1, 0.15) is 27.2 Å². The van der Waals surface area contributed by atoms with Crippen molar-refractivity contribution < 1.29 is 18.4 Å². The summed E-state index contributed by atoms with van der Waals surface area (Å²) in [5.74, 6) is -0.475. The van der Waals surface area contributed by atoms with Gasteiger partial charge < -0.3 is 9.32 Å². The molecule has 0 radical (unpaired) electrons. The first kappa shape index (κ1) is 25.7. The van der Waals surface area contributed by atoms with Gasteiger partial charge in [0.2, 0.25) is 11.9 Å². The Bertz CT molecular complexity index is 1570. The van der Waals surface area contributed by atoms with Gasteiger partial charge in [-0.05, 0) is 62.4 Å². The van der Waals surface area contributed by atoms with Gasteiger partial charge in [-0.1, -0.05) is 47.5 Å². The van der Waals surface area contributed by atoms with E-state index in [2.05, 4.69) is 5.32 Å². The van der Waals surface area contributed by atoms with Gasteiger partial charge >= 0.3 is 0 Å². The summed E-state index contributed by atoms with van der Waals surface area (Å²) in [6.45, 7) is 3.82. The number of carbonyl (C=O) groups excluding carboxylic acids is 2. The minimum atomic E-state index is -0.450. The highest BCUT2D eigenvalue weighted by molar-refractivity contribution is 5.99.